The summed E-state index contributed by atoms with van der Waals surface area (Å²) >= 11 is 0. The number of hydrogen-bond donors (Lipinski definition) is 2. The van der Waals surface area contributed by atoms with Gasteiger partial charge in [0.05, 0.1) is 12.6 Å². The number of amides is 1. The molecule has 0 unspecified atom stereocenters. The summed E-state index contributed by atoms with van der Waals surface area (Å²) in [5, 5.41) is 7.68. The molecular weight excluding hydrogens is 270 g/mol. The van der Waals surface area contributed by atoms with Crippen molar-refractivity contribution in [3.63, 3.8) is 0 Å². The van der Waals surface area contributed by atoms with E-state index in [4.69, 9.17) is 15.9 Å². The highest BCUT2D eigenvalue weighted by atomic mass is 16.5. The number of piperidine rings is 1. The van der Waals surface area contributed by atoms with Crippen molar-refractivity contribution in [1.29, 1.82) is 5.41 Å². The van der Waals surface area contributed by atoms with Gasteiger partial charge in [-0.2, -0.15) is 0 Å². The SMILES string of the molecule is N=C1CC[C@@H](C(N)=O)N(CC(=O)OCc2ccccc2)C1. The van der Waals surface area contributed by atoms with E-state index in [2.05, 4.69) is 0 Å². The number of nitrogens with zero attached hydrogens (tertiary/aromatic N) is 1. The Bertz CT molecular complexity index is 530. The molecule has 21 heavy (non-hydrogen) atoms. The van der Waals surface area contributed by atoms with Gasteiger partial charge >= 0.3 is 5.97 Å². The summed E-state index contributed by atoms with van der Waals surface area (Å²) in [6.07, 6.45) is 1.03. The van der Waals surface area contributed by atoms with E-state index in [0.717, 1.165) is 5.56 Å². The van der Waals surface area contributed by atoms with Crippen LogP contribution in [0.3, 0.4) is 0 Å². The van der Waals surface area contributed by atoms with Crippen LogP contribution in [-0.2, 0) is 20.9 Å². The maximum Gasteiger partial charge on any atom is 0.320 e. The molecule has 1 saturated heterocycles. The molecule has 1 amide bonds. The average molecular weight is 289 g/mol. The highest BCUT2D eigenvalue weighted by Crippen LogP contribution is 2.14. The lowest BCUT2D eigenvalue weighted by Crippen LogP contribution is -2.52. The first kappa shape index (κ1) is 15.2. The van der Waals surface area contributed by atoms with Crippen molar-refractivity contribution >= 4 is 17.6 Å². The summed E-state index contributed by atoms with van der Waals surface area (Å²) in [7, 11) is 0. The third-order valence-corrected chi connectivity index (χ3v) is 3.46. The largest absolute Gasteiger partial charge is 0.460 e. The van der Waals surface area contributed by atoms with Gasteiger partial charge in [-0.1, -0.05) is 30.3 Å². The molecule has 0 bridgehead atoms. The van der Waals surface area contributed by atoms with Crippen molar-refractivity contribution in [3.8, 4) is 0 Å². The first-order chi connectivity index (χ1) is 10.1. The van der Waals surface area contributed by atoms with Crippen molar-refractivity contribution in [2.75, 3.05) is 13.1 Å². The van der Waals surface area contributed by atoms with Gasteiger partial charge in [-0.15, -0.1) is 0 Å². The van der Waals surface area contributed by atoms with E-state index < -0.39 is 17.9 Å². The zero-order valence-corrected chi connectivity index (χ0v) is 11.7. The molecule has 0 aromatic heterocycles. The van der Waals surface area contributed by atoms with Gasteiger partial charge in [-0.05, 0) is 18.4 Å². The highest BCUT2D eigenvalue weighted by Gasteiger charge is 2.30. The minimum absolute atomic E-state index is 0.0250. The van der Waals surface area contributed by atoms with Gasteiger partial charge in [0.2, 0.25) is 5.91 Å². The number of benzene rings is 1. The number of esters is 1. The van der Waals surface area contributed by atoms with E-state index in [0.29, 0.717) is 18.6 Å². The van der Waals surface area contributed by atoms with Crippen LogP contribution in [0.5, 0.6) is 0 Å². The number of carbonyl (C=O) groups excluding carboxylic acids is 2. The summed E-state index contributed by atoms with van der Waals surface area (Å²) in [5.41, 5.74) is 6.75. The second-order valence-corrected chi connectivity index (χ2v) is 5.11. The van der Waals surface area contributed by atoms with Crippen molar-refractivity contribution in [2.24, 2.45) is 5.73 Å². The lowest BCUT2D eigenvalue weighted by atomic mass is 10.0. The van der Waals surface area contributed by atoms with Crippen LogP contribution in [0.1, 0.15) is 18.4 Å². The summed E-state index contributed by atoms with van der Waals surface area (Å²) in [6.45, 7) is 0.461. The molecule has 0 saturated carbocycles. The van der Waals surface area contributed by atoms with Crippen LogP contribution < -0.4 is 5.73 Å². The number of primary amides is 1. The fourth-order valence-electron chi connectivity index (χ4n) is 2.37. The van der Waals surface area contributed by atoms with Crippen LogP contribution in [-0.4, -0.2) is 41.6 Å². The van der Waals surface area contributed by atoms with E-state index in [-0.39, 0.29) is 19.7 Å². The Morgan fingerprint density at radius 1 is 1.33 bits per heavy atom. The van der Waals surface area contributed by atoms with Crippen LogP contribution in [0.25, 0.3) is 0 Å². The quantitative estimate of drug-likeness (QED) is 0.780. The lowest BCUT2D eigenvalue weighted by molar-refractivity contribution is -0.147. The Morgan fingerprint density at radius 2 is 2.05 bits per heavy atom. The van der Waals surface area contributed by atoms with Crippen LogP contribution in [0.4, 0.5) is 0 Å². The van der Waals surface area contributed by atoms with E-state index in [9.17, 15) is 9.59 Å². The van der Waals surface area contributed by atoms with Crippen molar-refractivity contribution in [2.45, 2.75) is 25.5 Å². The van der Waals surface area contributed by atoms with E-state index >= 15 is 0 Å². The van der Waals surface area contributed by atoms with Crippen molar-refractivity contribution in [3.05, 3.63) is 35.9 Å². The molecule has 0 spiro atoms. The zero-order chi connectivity index (χ0) is 15.2. The summed E-state index contributed by atoms with van der Waals surface area (Å²) in [6, 6.07) is 8.88. The first-order valence-corrected chi connectivity index (χ1v) is 6.85. The van der Waals surface area contributed by atoms with E-state index in [1.54, 1.807) is 4.90 Å². The summed E-state index contributed by atoms with van der Waals surface area (Å²) in [5.74, 6) is -0.877. The second kappa shape index (κ2) is 6.99. The van der Waals surface area contributed by atoms with Crippen molar-refractivity contribution < 1.29 is 14.3 Å². The van der Waals surface area contributed by atoms with Crippen LogP contribution in [0.15, 0.2) is 30.3 Å². The van der Waals surface area contributed by atoms with Crippen LogP contribution >= 0.6 is 0 Å². The molecular formula is C15H19N3O3. The Morgan fingerprint density at radius 3 is 2.71 bits per heavy atom. The predicted molar refractivity (Wildman–Crippen MR) is 77.8 cm³/mol. The fourth-order valence-corrected chi connectivity index (χ4v) is 2.37. The van der Waals surface area contributed by atoms with Gasteiger partial charge in [-0.25, -0.2) is 0 Å². The molecule has 112 valence electrons. The van der Waals surface area contributed by atoms with Gasteiger partial charge < -0.3 is 15.9 Å². The molecule has 6 nitrogen and oxygen atoms in total. The molecule has 0 aliphatic carbocycles. The fraction of sp³-hybridized carbons (Fsp3) is 0.400. The summed E-state index contributed by atoms with van der Waals surface area (Å²) in [4.78, 5) is 24.9. The van der Waals surface area contributed by atoms with Crippen LogP contribution in [0, 0.1) is 5.41 Å². The number of ether oxygens (including phenoxy) is 1. The van der Waals surface area contributed by atoms with Crippen molar-refractivity contribution in [1.82, 2.24) is 4.90 Å². The third kappa shape index (κ3) is 4.39. The number of hydrogen-bond acceptors (Lipinski definition) is 5. The monoisotopic (exact) mass is 289 g/mol. The third-order valence-electron chi connectivity index (χ3n) is 3.46. The minimum atomic E-state index is -0.497. The van der Waals surface area contributed by atoms with Gasteiger partial charge in [0.1, 0.15) is 6.61 Å². The zero-order valence-electron chi connectivity index (χ0n) is 11.7. The average Bonchev–Trinajstić information content (AvgIpc) is 2.46. The maximum absolute atomic E-state index is 11.9. The van der Waals surface area contributed by atoms with E-state index in [1.807, 2.05) is 30.3 Å². The number of carbonyl (C=O) groups is 2. The number of nitrogens with two attached hydrogens (primary N) is 1. The lowest BCUT2D eigenvalue weighted by Gasteiger charge is -2.32. The molecule has 1 aromatic carbocycles. The summed E-state index contributed by atoms with van der Waals surface area (Å²) < 4.78 is 5.19. The first-order valence-electron chi connectivity index (χ1n) is 6.85. The predicted octanol–water partition coefficient (Wildman–Crippen LogP) is 0.699. The van der Waals surface area contributed by atoms with Gasteiger partial charge in [0, 0.05) is 12.3 Å². The number of rotatable bonds is 5. The van der Waals surface area contributed by atoms with E-state index in [1.165, 1.54) is 0 Å². The Hall–Kier alpha value is -2.21. The second-order valence-electron chi connectivity index (χ2n) is 5.11. The topological polar surface area (TPSA) is 96.5 Å². The standard InChI is InChI=1S/C15H19N3O3/c16-12-6-7-13(15(17)20)18(8-12)9-14(19)21-10-11-4-2-1-3-5-11/h1-5,13,16H,6-10H2,(H2,17,20)/t13-/m0/s1. The molecule has 3 N–H and O–H groups in total. The van der Waals surface area contributed by atoms with Gasteiger partial charge in [0.25, 0.3) is 0 Å². The maximum atomic E-state index is 11.9. The van der Waals surface area contributed by atoms with Gasteiger partial charge in [-0.3, -0.25) is 14.5 Å². The normalized spacial score (nSPS) is 19.2. The Balaban J connectivity index is 1.88. The molecule has 1 aliphatic rings. The molecule has 1 atom stereocenters. The minimum Gasteiger partial charge on any atom is -0.460 e. The molecule has 6 heteroatoms. The molecule has 1 aromatic rings. The van der Waals surface area contributed by atoms with Crippen LogP contribution in [0.2, 0.25) is 0 Å². The smallest absolute Gasteiger partial charge is 0.320 e. The molecule has 2 rings (SSSR count). The molecule has 1 fully saturated rings. The number of nitrogens with one attached hydrogen (secondary N) is 1. The Kier molecular flexibility index (Phi) is 5.05. The number of likely N-dealkylation sites (tertiary alicyclic amines) is 1. The highest BCUT2D eigenvalue weighted by molar-refractivity contribution is 5.89. The molecule has 1 heterocycles. The molecule has 1 aliphatic heterocycles. The van der Waals surface area contributed by atoms with Gasteiger partial charge in [0.15, 0.2) is 0 Å². The Labute approximate surface area is 123 Å². The molecule has 0 radical (unpaired) electrons.